The third-order valence-electron chi connectivity index (χ3n) is 11.1. The van der Waals surface area contributed by atoms with Gasteiger partial charge in [-0.2, -0.15) is 0 Å². The molecule has 0 aliphatic heterocycles. The van der Waals surface area contributed by atoms with Crippen molar-refractivity contribution in [3.05, 3.63) is 188 Å². The lowest BCUT2D eigenvalue weighted by molar-refractivity contribution is 0.669. The Kier molecular flexibility index (Phi) is 6.83. The van der Waals surface area contributed by atoms with Crippen LogP contribution in [0.5, 0.6) is 0 Å². The van der Waals surface area contributed by atoms with Crippen LogP contribution in [0.25, 0.3) is 111 Å². The van der Waals surface area contributed by atoms with E-state index in [9.17, 15) is 0 Å². The highest BCUT2D eigenvalue weighted by atomic mass is 16.3. The maximum absolute atomic E-state index is 6.71. The van der Waals surface area contributed by atoms with Gasteiger partial charge in [-0.3, -0.25) is 0 Å². The predicted octanol–water partition coefficient (Wildman–Crippen LogP) is 13.0. The molecule has 0 unspecified atom stereocenters. The Morgan fingerprint density at radius 1 is 0.351 bits per heavy atom. The summed E-state index contributed by atoms with van der Waals surface area (Å²) in [6.07, 6.45) is 0. The van der Waals surface area contributed by atoms with Gasteiger partial charge in [-0.25, -0.2) is 15.0 Å². The summed E-state index contributed by atoms with van der Waals surface area (Å²) in [4.78, 5) is 15.3. The first-order valence-electron chi connectivity index (χ1n) is 19.1. The molecule has 0 radical (unpaired) electrons. The minimum absolute atomic E-state index is 0.568. The van der Waals surface area contributed by atoms with Gasteiger partial charge in [0.25, 0.3) is 0 Å². The van der Waals surface area contributed by atoms with Gasteiger partial charge in [0.15, 0.2) is 17.5 Å². The molecule has 0 saturated heterocycles. The Balaban J connectivity index is 1.21. The summed E-state index contributed by atoms with van der Waals surface area (Å²) in [5.74, 6) is 1.79. The summed E-state index contributed by atoms with van der Waals surface area (Å²) in [7, 11) is 0. The highest BCUT2D eigenvalue weighted by molar-refractivity contribution is 6.27. The Hall–Kier alpha value is -7.83. The van der Waals surface area contributed by atoms with E-state index in [1.54, 1.807) is 0 Å². The van der Waals surface area contributed by atoms with Crippen LogP contribution >= 0.6 is 0 Å². The van der Waals surface area contributed by atoms with Crippen LogP contribution in [0.2, 0.25) is 0 Å². The highest BCUT2D eigenvalue weighted by Crippen LogP contribution is 2.45. The van der Waals surface area contributed by atoms with E-state index >= 15 is 0 Å². The molecule has 0 aliphatic carbocycles. The fourth-order valence-corrected chi connectivity index (χ4v) is 8.69. The van der Waals surface area contributed by atoms with Gasteiger partial charge in [0, 0.05) is 49.3 Å². The van der Waals surface area contributed by atoms with Crippen LogP contribution in [-0.4, -0.2) is 24.1 Å². The van der Waals surface area contributed by atoms with Crippen LogP contribution in [0.1, 0.15) is 0 Å². The van der Waals surface area contributed by atoms with E-state index in [1.807, 2.05) is 72.8 Å². The fraction of sp³-hybridized carbons (Fsp3) is 0. The van der Waals surface area contributed by atoms with Gasteiger partial charge in [-0.15, -0.1) is 0 Å². The van der Waals surface area contributed by atoms with E-state index < -0.39 is 0 Å². The van der Waals surface area contributed by atoms with Gasteiger partial charge in [-0.05, 0) is 48.5 Å². The topological polar surface area (TPSA) is 61.7 Å². The van der Waals surface area contributed by atoms with Gasteiger partial charge in [0.05, 0.1) is 33.1 Å². The van der Waals surface area contributed by atoms with E-state index in [2.05, 4.69) is 124 Å². The number of rotatable bonds is 5. The first kappa shape index (κ1) is 31.5. The molecule has 6 nitrogen and oxygen atoms in total. The number of fused-ring (bicyclic) bond motifs is 10. The molecule has 4 heterocycles. The second-order valence-corrected chi connectivity index (χ2v) is 14.4. The molecule has 0 saturated carbocycles. The van der Waals surface area contributed by atoms with Crippen molar-refractivity contribution < 1.29 is 4.42 Å². The normalized spacial score (nSPS) is 11.9. The zero-order valence-electron chi connectivity index (χ0n) is 30.5. The minimum Gasteiger partial charge on any atom is -0.456 e. The van der Waals surface area contributed by atoms with E-state index in [1.165, 1.54) is 32.6 Å². The number of aromatic nitrogens is 5. The zero-order valence-corrected chi connectivity index (χ0v) is 30.5. The quantitative estimate of drug-likeness (QED) is 0.177. The second-order valence-electron chi connectivity index (χ2n) is 14.4. The maximum Gasteiger partial charge on any atom is 0.164 e. The fourth-order valence-electron chi connectivity index (χ4n) is 8.69. The van der Waals surface area contributed by atoms with Crippen LogP contribution in [0.15, 0.2) is 192 Å². The average molecular weight is 730 g/mol. The monoisotopic (exact) mass is 729 g/mol. The summed E-state index contributed by atoms with van der Waals surface area (Å²) in [5.41, 5.74) is 10.9. The van der Waals surface area contributed by atoms with Crippen LogP contribution in [0, 0.1) is 0 Å². The van der Waals surface area contributed by atoms with Crippen molar-refractivity contribution in [2.45, 2.75) is 0 Å². The summed E-state index contributed by atoms with van der Waals surface area (Å²) in [5, 5.41) is 6.87. The van der Waals surface area contributed by atoms with E-state index in [0.717, 1.165) is 61.0 Å². The summed E-state index contributed by atoms with van der Waals surface area (Å²) in [6, 6.07) is 65.5. The van der Waals surface area contributed by atoms with Crippen LogP contribution in [0.4, 0.5) is 0 Å². The van der Waals surface area contributed by atoms with Crippen molar-refractivity contribution in [1.82, 2.24) is 24.1 Å². The first-order chi connectivity index (χ1) is 28.3. The van der Waals surface area contributed by atoms with Crippen molar-refractivity contribution in [3.8, 4) is 45.5 Å². The molecule has 0 bridgehead atoms. The van der Waals surface area contributed by atoms with Crippen molar-refractivity contribution in [2.75, 3.05) is 0 Å². The van der Waals surface area contributed by atoms with Crippen molar-refractivity contribution in [2.24, 2.45) is 0 Å². The van der Waals surface area contributed by atoms with Crippen molar-refractivity contribution in [3.63, 3.8) is 0 Å². The molecule has 12 rings (SSSR count). The molecule has 0 N–H and O–H groups in total. The zero-order chi connectivity index (χ0) is 37.5. The molecule has 6 heteroatoms. The molecule has 0 amide bonds. The largest absolute Gasteiger partial charge is 0.456 e. The van der Waals surface area contributed by atoms with E-state index in [-0.39, 0.29) is 0 Å². The van der Waals surface area contributed by atoms with Gasteiger partial charge < -0.3 is 13.6 Å². The van der Waals surface area contributed by atoms with E-state index in [0.29, 0.717) is 17.5 Å². The maximum atomic E-state index is 6.71. The predicted molar refractivity (Wildman–Crippen MR) is 232 cm³/mol. The molecule has 0 atom stereocenters. The standard InChI is InChI=1S/C51H31N5O/c1-4-16-32(17-5-1)49-52-50(33-18-6-2-7-19-33)54-51(53-49)34-30-43(46-39-24-12-15-27-44(39)57-45(46)31-34)56-41-26-14-11-23-38(41)47-42(56)29-28-37-36-22-10-13-25-40(36)55(48(37)47)35-20-8-3-9-21-35/h1-31H. The van der Waals surface area contributed by atoms with Gasteiger partial charge in [0.1, 0.15) is 11.2 Å². The van der Waals surface area contributed by atoms with Crippen LogP contribution < -0.4 is 0 Å². The average Bonchev–Trinajstić information content (AvgIpc) is 3.94. The lowest BCUT2D eigenvalue weighted by atomic mass is 10.1. The Labute approximate surface area is 326 Å². The number of hydrogen-bond donors (Lipinski definition) is 0. The summed E-state index contributed by atoms with van der Waals surface area (Å²) >= 11 is 0. The Morgan fingerprint density at radius 3 is 1.58 bits per heavy atom. The third-order valence-corrected chi connectivity index (χ3v) is 11.1. The third kappa shape index (κ3) is 4.81. The summed E-state index contributed by atoms with van der Waals surface area (Å²) < 4.78 is 11.5. The number of benzene rings is 8. The molecule has 0 fully saturated rings. The van der Waals surface area contributed by atoms with Crippen LogP contribution in [0.3, 0.4) is 0 Å². The highest BCUT2D eigenvalue weighted by Gasteiger charge is 2.24. The number of furan rings is 1. The Morgan fingerprint density at radius 2 is 0.895 bits per heavy atom. The lowest BCUT2D eigenvalue weighted by Crippen LogP contribution is -2.01. The molecular formula is C51H31N5O. The Bertz CT molecular complexity index is 3450. The second kappa shape index (κ2) is 12.3. The van der Waals surface area contributed by atoms with E-state index in [4.69, 9.17) is 19.4 Å². The number of nitrogens with zero attached hydrogens (tertiary/aromatic N) is 5. The van der Waals surface area contributed by atoms with Gasteiger partial charge in [-0.1, -0.05) is 140 Å². The smallest absolute Gasteiger partial charge is 0.164 e. The van der Waals surface area contributed by atoms with Gasteiger partial charge >= 0.3 is 0 Å². The first-order valence-corrected chi connectivity index (χ1v) is 19.1. The molecular weight excluding hydrogens is 699 g/mol. The molecule has 8 aromatic carbocycles. The number of para-hydroxylation sites is 4. The SMILES string of the molecule is c1ccc(-c2nc(-c3ccccc3)nc(-c3cc(-n4c5ccccc5c5c4ccc4c6ccccc6n(-c6ccccc6)c45)c4c(c3)oc3ccccc34)n2)cc1. The molecule has 12 aromatic rings. The van der Waals surface area contributed by atoms with Crippen molar-refractivity contribution in [1.29, 1.82) is 0 Å². The number of hydrogen-bond acceptors (Lipinski definition) is 4. The molecule has 0 spiro atoms. The molecule has 266 valence electrons. The molecule has 57 heavy (non-hydrogen) atoms. The van der Waals surface area contributed by atoms with Gasteiger partial charge in [0.2, 0.25) is 0 Å². The molecule has 0 aliphatic rings. The summed E-state index contributed by atoms with van der Waals surface area (Å²) in [6.45, 7) is 0. The minimum atomic E-state index is 0.568. The van der Waals surface area contributed by atoms with Crippen LogP contribution in [-0.2, 0) is 0 Å². The van der Waals surface area contributed by atoms with Crippen molar-refractivity contribution >= 4 is 65.6 Å². The lowest BCUT2D eigenvalue weighted by Gasteiger charge is -2.13. The molecule has 4 aromatic heterocycles.